The molecule has 0 aliphatic rings. The molecule has 0 amide bonds. The maximum Gasteiger partial charge on any atom is 0.201 e. The summed E-state index contributed by atoms with van der Waals surface area (Å²) >= 11 is 3.51. The fraction of sp³-hybridized carbons (Fsp3) is 0.357. The van der Waals surface area contributed by atoms with Crippen LogP contribution in [0.3, 0.4) is 0 Å². The average Bonchev–Trinajstić information content (AvgIpc) is 2.64. The number of rotatable bonds is 4. The van der Waals surface area contributed by atoms with Crippen molar-refractivity contribution in [1.29, 1.82) is 0 Å². The summed E-state index contributed by atoms with van der Waals surface area (Å²) < 4.78 is 8.16. The molecule has 0 saturated carbocycles. The average molecular weight is 324 g/mol. The van der Waals surface area contributed by atoms with Gasteiger partial charge in [-0.25, -0.2) is 4.98 Å². The van der Waals surface area contributed by atoms with E-state index in [1.165, 1.54) is 11.1 Å². The summed E-state index contributed by atoms with van der Waals surface area (Å²) in [6.07, 6.45) is 1.70. The Kier molecular flexibility index (Phi) is 4.14. The van der Waals surface area contributed by atoms with Gasteiger partial charge in [0.15, 0.2) is 0 Å². The van der Waals surface area contributed by atoms with Gasteiger partial charge in [-0.05, 0) is 47.3 Å². The number of nitrogens with zero attached hydrogens (tertiary/aromatic N) is 2. The van der Waals surface area contributed by atoms with Crippen LogP contribution < -0.4 is 10.5 Å². The number of anilines is 1. The van der Waals surface area contributed by atoms with Gasteiger partial charge in [0.25, 0.3) is 0 Å². The second-order valence-corrected chi connectivity index (χ2v) is 5.33. The third-order valence-electron chi connectivity index (χ3n) is 3.19. The molecule has 0 aliphatic carbocycles. The van der Waals surface area contributed by atoms with Gasteiger partial charge in [0.1, 0.15) is 10.4 Å². The number of hydrogen-bond donors (Lipinski definition) is 1. The lowest BCUT2D eigenvalue weighted by Gasteiger charge is -2.09. The standard InChI is InChI=1S/C14H18BrN3O/c1-9-4-7-12(19-3)10(8-9)5-6-11-13(15)18(2)14(16)17-11/h4,7-8H,5-6H2,1-3H3,(H2,16,17). The first-order valence-corrected chi connectivity index (χ1v) is 6.92. The Morgan fingerprint density at radius 3 is 2.68 bits per heavy atom. The fourth-order valence-corrected chi connectivity index (χ4v) is 2.54. The lowest BCUT2D eigenvalue weighted by atomic mass is 10.0. The molecule has 0 spiro atoms. The lowest BCUT2D eigenvalue weighted by molar-refractivity contribution is 0.409. The van der Waals surface area contributed by atoms with Crippen molar-refractivity contribution in [3.05, 3.63) is 39.6 Å². The number of ether oxygens (including phenoxy) is 1. The Bertz CT molecular complexity index is 593. The SMILES string of the molecule is COc1ccc(C)cc1CCc1nc(N)n(C)c1Br. The van der Waals surface area contributed by atoms with Crippen LogP contribution in [0.4, 0.5) is 5.95 Å². The minimum Gasteiger partial charge on any atom is -0.496 e. The third-order valence-corrected chi connectivity index (χ3v) is 4.18. The zero-order valence-electron chi connectivity index (χ0n) is 11.4. The van der Waals surface area contributed by atoms with Gasteiger partial charge in [-0.2, -0.15) is 0 Å². The van der Waals surface area contributed by atoms with E-state index in [0.29, 0.717) is 5.95 Å². The highest BCUT2D eigenvalue weighted by Gasteiger charge is 2.11. The maximum absolute atomic E-state index is 5.79. The van der Waals surface area contributed by atoms with Crippen molar-refractivity contribution in [2.75, 3.05) is 12.8 Å². The minimum atomic E-state index is 0.526. The Labute approximate surface area is 121 Å². The quantitative estimate of drug-likeness (QED) is 0.941. The zero-order chi connectivity index (χ0) is 14.0. The summed E-state index contributed by atoms with van der Waals surface area (Å²) in [6.45, 7) is 2.08. The van der Waals surface area contributed by atoms with Crippen molar-refractivity contribution >= 4 is 21.9 Å². The normalized spacial score (nSPS) is 10.7. The molecule has 1 heterocycles. The summed E-state index contributed by atoms with van der Waals surface area (Å²) in [5.74, 6) is 1.45. The molecule has 1 aromatic carbocycles. The number of nitrogens with two attached hydrogens (primary N) is 1. The van der Waals surface area contributed by atoms with E-state index in [0.717, 1.165) is 28.9 Å². The summed E-state index contributed by atoms with van der Waals surface area (Å²) in [7, 11) is 3.59. The fourth-order valence-electron chi connectivity index (χ4n) is 2.07. The molecule has 2 N–H and O–H groups in total. The van der Waals surface area contributed by atoms with E-state index in [2.05, 4.69) is 40.0 Å². The van der Waals surface area contributed by atoms with E-state index in [1.54, 1.807) is 7.11 Å². The molecule has 0 atom stereocenters. The largest absolute Gasteiger partial charge is 0.496 e. The van der Waals surface area contributed by atoms with Gasteiger partial charge in [0, 0.05) is 7.05 Å². The van der Waals surface area contributed by atoms with E-state index in [1.807, 2.05) is 17.7 Å². The van der Waals surface area contributed by atoms with E-state index in [9.17, 15) is 0 Å². The number of hydrogen-bond acceptors (Lipinski definition) is 3. The van der Waals surface area contributed by atoms with E-state index >= 15 is 0 Å². The summed E-state index contributed by atoms with van der Waals surface area (Å²) in [4.78, 5) is 4.36. The molecule has 2 rings (SSSR count). The second-order valence-electron chi connectivity index (χ2n) is 4.58. The second kappa shape index (κ2) is 5.65. The Balaban J connectivity index is 2.18. The van der Waals surface area contributed by atoms with Gasteiger partial charge < -0.3 is 15.0 Å². The number of nitrogen functional groups attached to an aromatic ring is 1. The van der Waals surface area contributed by atoms with Gasteiger partial charge in [-0.15, -0.1) is 0 Å². The monoisotopic (exact) mass is 323 g/mol. The van der Waals surface area contributed by atoms with Gasteiger partial charge in [-0.1, -0.05) is 17.7 Å². The van der Waals surface area contributed by atoms with Crippen molar-refractivity contribution in [3.8, 4) is 5.75 Å². The molecule has 5 heteroatoms. The Hall–Kier alpha value is -1.49. The van der Waals surface area contributed by atoms with E-state index < -0.39 is 0 Å². The Morgan fingerprint density at radius 1 is 1.37 bits per heavy atom. The molecule has 4 nitrogen and oxygen atoms in total. The molecule has 0 radical (unpaired) electrons. The zero-order valence-corrected chi connectivity index (χ0v) is 13.0. The highest BCUT2D eigenvalue weighted by Crippen LogP contribution is 2.24. The van der Waals surface area contributed by atoms with Crippen molar-refractivity contribution in [2.45, 2.75) is 19.8 Å². The minimum absolute atomic E-state index is 0.526. The highest BCUT2D eigenvalue weighted by atomic mass is 79.9. The number of aryl methyl sites for hydroxylation is 3. The molecule has 1 aromatic heterocycles. The summed E-state index contributed by atoms with van der Waals surface area (Å²) in [5, 5.41) is 0. The van der Waals surface area contributed by atoms with Crippen LogP contribution in [0.15, 0.2) is 22.8 Å². The van der Waals surface area contributed by atoms with Gasteiger partial charge >= 0.3 is 0 Å². The topological polar surface area (TPSA) is 53.1 Å². The molecule has 0 unspecified atom stereocenters. The molecule has 102 valence electrons. The van der Waals surface area contributed by atoms with Crippen molar-refractivity contribution in [1.82, 2.24) is 9.55 Å². The highest BCUT2D eigenvalue weighted by molar-refractivity contribution is 9.10. The first kappa shape index (κ1) is 13.9. The first-order chi connectivity index (χ1) is 9.02. The van der Waals surface area contributed by atoms with Crippen LogP contribution in [0.5, 0.6) is 5.75 Å². The predicted molar refractivity (Wildman–Crippen MR) is 80.5 cm³/mol. The van der Waals surface area contributed by atoms with Crippen LogP contribution in [0.1, 0.15) is 16.8 Å². The van der Waals surface area contributed by atoms with Crippen LogP contribution >= 0.6 is 15.9 Å². The smallest absolute Gasteiger partial charge is 0.201 e. The van der Waals surface area contributed by atoms with Gasteiger partial charge in [0.05, 0.1) is 12.8 Å². The molecule has 0 saturated heterocycles. The molecule has 0 fully saturated rings. The number of halogens is 1. The molecule has 0 aliphatic heterocycles. The van der Waals surface area contributed by atoms with Gasteiger partial charge in [-0.3, -0.25) is 0 Å². The Morgan fingerprint density at radius 2 is 2.11 bits per heavy atom. The van der Waals surface area contributed by atoms with Crippen LogP contribution in [0.2, 0.25) is 0 Å². The van der Waals surface area contributed by atoms with Crippen LogP contribution in [-0.4, -0.2) is 16.7 Å². The molecular weight excluding hydrogens is 306 g/mol. The molecule has 0 bridgehead atoms. The summed E-state index contributed by atoms with van der Waals surface area (Å²) in [6, 6.07) is 6.21. The number of imidazole rings is 1. The number of benzene rings is 1. The molecular formula is C14H18BrN3O. The summed E-state index contributed by atoms with van der Waals surface area (Å²) in [5.41, 5.74) is 9.19. The van der Waals surface area contributed by atoms with Crippen LogP contribution in [0, 0.1) is 6.92 Å². The van der Waals surface area contributed by atoms with Gasteiger partial charge in [0.2, 0.25) is 5.95 Å². The van der Waals surface area contributed by atoms with Crippen molar-refractivity contribution in [2.24, 2.45) is 7.05 Å². The third kappa shape index (κ3) is 2.92. The molecule has 19 heavy (non-hydrogen) atoms. The van der Waals surface area contributed by atoms with E-state index in [-0.39, 0.29) is 0 Å². The maximum atomic E-state index is 5.79. The first-order valence-electron chi connectivity index (χ1n) is 6.13. The van der Waals surface area contributed by atoms with Crippen molar-refractivity contribution < 1.29 is 4.74 Å². The van der Waals surface area contributed by atoms with E-state index in [4.69, 9.17) is 10.5 Å². The number of aromatic nitrogens is 2. The predicted octanol–water partition coefficient (Wildman–Crippen LogP) is 2.87. The van der Waals surface area contributed by atoms with Crippen LogP contribution in [-0.2, 0) is 19.9 Å². The lowest BCUT2D eigenvalue weighted by Crippen LogP contribution is -1.97. The molecule has 2 aromatic rings. The van der Waals surface area contributed by atoms with Crippen LogP contribution in [0.25, 0.3) is 0 Å². The van der Waals surface area contributed by atoms with Crippen molar-refractivity contribution in [3.63, 3.8) is 0 Å². The number of methoxy groups -OCH3 is 1.